The Kier molecular flexibility index (Phi) is 6.91. The lowest BCUT2D eigenvalue weighted by Gasteiger charge is -2.32. The molecule has 1 N–H and O–H groups in total. The maximum absolute atomic E-state index is 13.1. The van der Waals surface area contributed by atoms with Crippen LogP contribution in [-0.4, -0.2) is 47.8 Å². The van der Waals surface area contributed by atoms with E-state index in [1.165, 1.54) is 6.07 Å². The molecular formula is C25H30N4O4. The summed E-state index contributed by atoms with van der Waals surface area (Å²) in [5.74, 6) is 0.203. The number of likely N-dealkylation sites (tertiary alicyclic amines) is 1. The van der Waals surface area contributed by atoms with Crippen LogP contribution in [0.5, 0.6) is 0 Å². The van der Waals surface area contributed by atoms with Crippen LogP contribution in [-0.2, 0) is 4.79 Å². The Balaban J connectivity index is 1.39. The van der Waals surface area contributed by atoms with Gasteiger partial charge in [0.25, 0.3) is 11.6 Å². The number of amides is 2. The van der Waals surface area contributed by atoms with E-state index in [0.29, 0.717) is 43.1 Å². The largest absolute Gasteiger partial charge is 0.366 e. The van der Waals surface area contributed by atoms with Crippen molar-refractivity contribution in [1.29, 1.82) is 0 Å². The van der Waals surface area contributed by atoms with E-state index in [1.807, 2.05) is 35.2 Å². The van der Waals surface area contributed by atoms with Gasteiger partial charge in [0, 0.05) is 49.4 Å². The van der Waals surface area contributed by atoms with Gasteiger partial charge in [-0.2, -0.15) is 0 Å². The fourth-order valence-electron chi connectivity index (χ4n) is 4.61. The molecule has 0 bridgehead atoms. The van der Waals surface area contributed by atoms with Crippen molar-refractivity contribution < 1.29 is 14.5 Å². The molecule has 2 amide bonds. The minimum Gasteiger partial charge on any atom is -0.366 e. The van der Waals surface area contributed by atoms with E-state index < -0.39 is 4.92 Å². The Morgan fingerprint density at radius 1 is 0.970 bits per heavy atom. The third kappa shape index (κ3) is 5.32. The van der Waals surface area contributed by atoms with E-state index in [2.05, 4.69) is 12.2 Å². The Morgan fingerprint density at radius 2 is 1.64 bits per heavy atom. The summed E-state index contributed by atoms with van der Waals surface area (Å²) in [7, 11) is 0. The van der Waals surface area contributed by atoms with Crippen LogP contribution in [0.15, 0.2) is 48.5 Å². The van der Waals surface area contributed by atoms with Gasteiger partial charge in [-0.05, 0) is 55.9 Å². The molecule has 2 aliphatic heterocycles. The van der Waals surface area contributed by atoms with E-state index in [4.69, 9.17) is 0 Å². The van der Waals surface area contributed by atoms with Gasteiger partial charge in [0.15, 0.2) is 0 Å². The predicted octanol–water partition coefficient (Wildman–Crippen LogP) is 4.32. The average Bonchev–Trinajstić information content (AvgIpc) is 2.84. The minimum absolute atomic E-state index is 0.0208. The van der Waals surface area contributed by atoms with Crippen LogP contribution in [0.2, 0.25) is 0 Å². The number of rotatable bonds is 5. The first-order chi connectivity index (χ1) is 15.9. The van der Waals surface area contributed by atoms with Crippen molar-refractivity contribution in [2.24, 2.45) is 11.8 Å². The summed E-state index contributed by atoms with van der Waals surface area (Å²) in [5, 5.41) is 14.7. The maximum Gasteiger partial charge on any atom is 0.293 e. The van der Waals surface area contributed by atoms with Crippen LogP contribution in [0.4, 0.5) is 17.1 Å². The molecule has 2 aromatic rings. The van der Waals surface area contributed by atoms with Crippen LogP contribution in [0.3, 0.4) is 0 Å². The lowest BCUT2D eigenvalue weighted by molar-refractivity contribution is -0.384. The van der Waals surface area contributed by atoms with Crippen LogP contribution in [0, 0.1) is 22.0 Å². The van der Waals surface area contributed by atoms with Gasteiger partial charge < -0.3 is 15.1 Å². The van der Waals surface area contributed by atoms with Crippen molar-refractivity contribution in [1.82, 2.24) is 4.90 Å². The number of benzene rings is 2. The van der Waals surface area contributed by atoms with Crippen molar-refractivity contribution in [2.45, 2.75) is 32.6 Å². The molecule has 0 spiro atoms. The number of hydrogen-bond donors (Lipinski definition) is 1. The number of nitro groups is 1. The summed E-state index contributed by atoms with van der Waals surface area (Å²) in [6.45, 7) is 4.67. The molecule has 2 aromatic carbocycles. The summed E-state index contributed by atoms with van der Waals surface area (Å²) < 4.78 is 0. The van der Waals surface area contributed by atoms with Gasteiger partial charge in [-0.15, -0.1) is 0 Å². The summed E-state index contributed by atoms with van der Waals surface area (Å²) >= 11 is 0. The number of carbonyl (C=O) groups is 2. The predicted molar refractivity (Wildman–Crippen MR) is 127 cm³/mol. The van der Waals surface area contributed by atoms with Crippen LogP contribution >= 0.6 is 0 Å². The zero-order valence-electron chi connectivity index (χ0n) is 18.9. The van der Waals surface area contributed by atoms with E-state index in [1.54, 1.807) is 17.0 Å². The molecular weight excluding hydrogens is 420 g/mol. The Morgan fingerprint density at radius 3 is 2.27 bits per heavy atom. The molecule has 0 atom stereocenters. The molecule has 33 heavy (non-hydrogen) atoms. The van der Waals surface area contributed by atoms with Gasteiger partial charge in [-0.3, -0.25) is 19.7 Å². The fraction of sp³-hybridized carbons (Fsp3) is 0.440. The number of anilines is 2. The molecule has 0 unspecified atom stereocenters. The Hall–Kier alpha value is -3.42. The molecule has 0 aromatic heterocycles. The number of nitro benzene ring substituents is 1. The smallest absolute Gasteiger partial charge is 0.293 e. The highest BCUT2D eigenvalue weighted by molar-refractivity contribution is 5.96. The van der Waals surface area contributed by atoms with Crippen LogP contribution in [0.25, 0.3) is 0 Å². The monoisotopic (exact) mass is 450 g/mol. The fourth-order valence-corrected chi connectivity index (χ4v) is 4.61. The van der Waals surface area contributed by atoms with E-state index >= 15 is 0 Å². The second-order valence-electron chi connectivity index (χ2n) is 9.05. The molecule has 0 saturated carbocycles. The number of carbonyl (C=O) groups excluding carboxylic acids is 2. The first-order valence-electron chi connectivity index (χ1n) is 11.6. The highest BCUT2D eigenvalue weighted by Crippen LogP contribution is 2.33. The molecule has 8 nitrogen and oxygen atoms in total. The molecule has 4 rings (SSSR count). The number of nitrogens with one attached hydrogen (secondary N) is 1. The van der Waals surface area contributed by atoms with Crippen LogP contribution in [0.1, 0.15) is 43.0 Å². The van der Waals surface area contributed by atoms with Crippen molar-refractivity contribution in [3.8, 4) is 0 Å². The van der Waals surface area contributed by atoms with Gasteiger partial charge in [0.2, 0.25) is 5.91 Å². The van der Waals surface area contributed by atoms with Crippen molar-refractivity contribution in [2.75, 3.05) is 36.4 Å². The van der Waals surface area contributed by atoms with Gasteiger partial charge >= 0.3 is 0 Å². The average molecular weight is 451 g/mol. The number of para-hydroxylation sites is 1. The van der Waals surface area contributed by atoms with E-state index in [0.717, 1.165) is 31.6 Å². The van der Waals surface area contributed by atoms with Crippen LogP contribution < -0.4 is 10.2 Å². The normalized spacial score (nSPS) is 17.6. The zero-order chi connectivity index (χ0) is 23.4. The molecule has 174 valence electrons. The lowest BCUT2D eigenvalue weighted by atomic mass is 9.95. The molecule has 2 fully saturated rings. The molecule has 2 aliphatic rings. The highest BCUT2D eigenvalue weighted by atomic mass is 16.6. The topological polar surface area (TPSA) is 95.8 Å². The highest BCUT2D eigenvalue weighted by Gasteiger charge is 2.30. The first-order valence-corrected chi connectivity index (χ1v) is 11.6. The van der Waals surface area contributed by atoms with Crippen molar-refractivity contribution in [3.63, 3.8) is 0 Å². The van der Waals surface area contributed by atoms with Gasteiger partial charge in [-0.25, -0.2) is 0 Å². The first kappa shape index (κ1) is 22.8. The molecule has 0 aliphatic carbocycles. The standard InChI is InChI=1S/C25H30N4O4/c1-18-9-13-27(14-10-18)22-8-7-20(17-23(22)29(32)33)25(31)28-15-11-19(12-16-28)24(30)26-21-5-3-2-4-6-21/h2-8,17-19H,9-16H2,1H3,(H,26,30). The van der Waals surface area contributed by atoms with Gasteiger partial charge in [0.05, 0.1) is 4.92 Å². The summed E-state index contributed by atoms with van der Waals surface area (Å²) in [6.07, 6.45) is 3.14. The summed E-state index contributed by atoms with van der Waals surface area (Å²) in [5.41, 5.74) is 1.65. The Labute approximate surface area is 193 Å². The lowest BCUT2D eigenvalue weighted by Crippen LogP contribution is -2.41. The van der Waals surface area contributed by atoms with Crippen molar-refractivity contribution in [3.05, 3.63) is 64.2 Å². The summed E-state index contributed by atoms with van der Waals surface area (Å²) in [6, 6.07) is 14.1. The molecule has 8 heteroatoms. The van der Waals surface area contributed by atoms with Gasteiger partial charge in [-0.1, -0.05) is 25.1 Å². The molecule has 0 radical (unpaired) electrons. The van der Waals surface area contributed by atoms with Gasteiger partial charge in [0.1, 0.15) is 5.69 Å². The molecule has 2 saturated heterocycles. The number of piperidine rings is 2. The van der Waals surface area contributed by atoms with E-state index in [-0.39, 0.29) is 23.4 Å². The maximum atomic E-state index is 13.1. The third-order valence-corrected chi connectivity index (χ3v) is 6.74. The van der Waals surface area contributed by atoms with Crippen molar-refractivity contribution >= 4 is 28.9 Å². The Bertz CT molecular complexity index is 1010. The van der Waals surface area contributed by atoms with E-state index in [9.17, 15) is 19.7 Å². The number of hydrogen-bond acceptors (Lipinski definition) is 5. The quantitative estimate of drug-likeness (QED) is 0.541. The third-order valence-electron chi connectivity index (χ3n) is 6.74. The minimum atomic E-state index is -0.399. The molecule has 2 heterocycles. The second kappa shape index (κ2) is 10.0. The second-order valence-corrected chi connectivity index (χ2v) is 9.05. The zero-order valence-corrected chi connectivity index (χ0v) is 18.9. The number of nitrogens with zero attached hydrogens (tertiary/aromatic N) is 3. The SMILES string of the molecule is CC1CCN(c2ccc(C(=O)N3CCC(C(=O)Nc4ccccc4)CC3)cc2[N+](=O)[O-])CC1. The summed E-state index contributed by atoms with van der Waals surface area (Å²) in [4.78, 5) is 40.7.